The Morgan fingerprint density at radius 1 is 0.793 bits per heavy atom. The van der Waals surface area contributed by atoms with Crippen LogP contribution < -0.4 is 0 Å². The molecule has 0 saturated carbocycles. The Hall–Kier alpha value is -2.45. The van der Waals surface area contributed by atoms with Crippen molar-refractivity contribution in [2.75, 3.05) is 0 Å². The zero-order valence-corrected chi connectivity index (χ0v) is 19.0. The van der Waals surface area contributed by atoms with Gasteiger partial charge in [0.15, 0.2) is 0 Å². The molecule has 0 atom stereocenters. The van der Waals surface area contributed by atoms with E-state index in [1.807, 2.05) is 17.5 Å². The summed E-state index contributed by atoms with van der Waals surface area (Å²) in [7, 11) is 0. The van der Waals surface area contributed by atoms with E-state index in [4.69, 9.17) is 4.98 Å². The first-order chi connectivity index (χ1) is 13.8. The molecule has 2 heteroatoms. The van der Waals surface area contributed by atoms with Crippen LogP contribution in [-0.4, -0.2) is 4.98 Å². The maximum atomic E-state index is 4.79. The monoisotopic (exact) mass is 399 g/mol. The molecule has 0 fully saturated rings. The second kappa shape index (κ2) is 7.76. The average Bonchev–Trinajstić information content (AvgIpc) is 3.09. The van der Waals surface area contributed by atoms with Crippen LogP contribution in [0.15, 0.2) is 54.7 Å². The largest absolute Gasteiger partial charge is 0.255 e. The van der Waals surface area contributed by atoms with E-state index >= 15 is 0 Å². The molecule has 148 valence electrons. The predicted molar refractivity (Wildman–Crippen MR) is 128 cm³/mol. The van der Waals surface area contributed by atoms with Crippen molar-refractivity contribution in [1.82, 2.24) is 4.98 Å². The Labute approximate surface area is 178 Å². The Morgan fingerprint density at radius 2 is 1.41 bits per heavy atom. The van der Waals surface area contributed by atoms with Crippen LogP contribution in [0.1, 0.15) is 61.8 Å². The normalized spacial score (nSPS) is 11.7. The molecule has 0 aliphatic rings. The minimum absolute atomic E-state index is 0.498. The Kier molecular flexibility index (Phi) is 5.31. The molecular weight excluding hydrogens is 370 g/mol. The molecule has 0 bridgehead atoms. The summed E-state index contributed by atoms with van der Waals surface area (Å²) < 4.78 is 1.25. The maximum absolute atomic E-state index is 4.79. The molecule has 1 nitrogen and oxygen atoms in total. The van der Waals surface area contributed by atoms with Crippen LogP contribution in [-0.2, 0) is 0 Å². The lowest BCUT2D eigenvalue weighted by molar-refractivity contribution is 0.839. The summed E-state index contributed by atoms with van der Waals surface area (Å²) >= 11 is 1.86. The van der Waals surface area contributed by atoms with Crippen molar-refractivity contribution in [3.8, 4) is 21.7 Å². The summed E-state index contributed by atoms with van der Waals surface area (Å²) in [5.41, 5.74) is 9.10. The van der Waals surface area contributed by atoms with Gasteiger partial charge in [0.05, 0.1) is 10.4 Å². The Balaban J connectivity index is 1.88. The number of hydrogen-bond acceptors (Lipinski definition) is 2. The third-order valence-corrected chi connectivity index (χ3v) is 6.64. The highest BCUT2D eigenvalue weighted by atomic mass is 32.1. The molecule has 0 radical (unpaired) electrons. The van der Waals surface area contributed by atoms with E-state index in [2.05, 4.69) is 90.1 Å². The van der Waals surface area contributed by atoms with Gasteiger partial charge in [-0.05, 0) is 72.0 Å². The zero-order chi connectivity index (χ0) is 20.7. The molecule has 0 saturated heterocycles. The second-order valence-electron chi connectivity index (χ2n) is 8.72. The van der Waals surface area contributed by atoms with E-state index in [1.165, 1.54) is 48.3 Å². The van der Waals surface area contributed by atoms with Gasteiger partial charge in [0.2, 0.25) is 0 Å². The molecular formula is C27H29NS. The number of pyridine rings is 1. The maximum Gasteiger partial charge on any atom is 0.0709 e. The lowest BCUT2D eigenvalue weighted by atomic mass is 9.88. The number of rotatable bonds is 4. The minimum Gasteiger partial charge on any atom is -0.255 e. The van der Waals surface area contributed by atoms with Crippen LogP contribution in [0.3, 0.4) is 0 Å². The summed E-state index contributed by atoms with van der Waals surface area (Å²) in [5, 5.41) is 1.28. The molecule has 0 spiro atoms. The molecule has 0 N–H and O–H groups in total. The molecule has 0 unspecified atom stereocenters. The van der Waals surface area contributed by atoms with Crippen molar-refractivity contribution in [2.24, 2.45) is 0 Å². The third kappa shape index (κ3) is 3.86. The highest BCUT2D eigenvalue weighted by Crippen LogP contribution is 2.42. The van der Waals surface area contributed by atoms with E-state index < -0.39 is 0 Å². The summed E-state index contributed by atoms with van der Waals surface area (Å²) in [6.45, 7) is 13.4. The van der Waals surface area contributed by atoms with Crippen LogP contribution in [0.2, 0.25) is 0 Å². The standard InChI is InChI=1S/C27H29NS/c1-16(2)22-8-7-9-23(17(3)4)27(22)25-14-21-13-24(28-15-26(21)29-25)20-11-18(5)10-19(6)12-20/h7-17H,1-6H3. The van der Waals surface area contributed by atoms with E-state index in [1.54, 1.807) is 0 Å². The van der Waals surface area contributed by atoms with Gasteiger partial charge >= 0.3 is 0 Å². The van der Waals surface area contributed by atoms with Crippen LogP contribution in [0.5, 0.6) is 0 Å². The van der Waals surface area contributed by atoms with Crippen molar-refractivity contribution in [3.05, 3.63) is 77.0 Å². The first-order valence-electron chi connectivity index (χ1n) is 10.4. The number of aryl methyl sites for hydroxylation is 2. The highest BCUT2D eigenvalue weighted by molar-refractivity contribution is 7.22. The van der Waals surface area contributed by atoms with Gasteiger partial charge in [0.25, 0.3) is 0 Å². The van der Waals surface area contributed by atoms with Crippen molar-refractivity contribution in [3.63, 3.8) is 0 Å². The van der Waals surface area contributed by atoms with E-state index in [0.29, 0.717) is 11.8 Å². The summed E-state index contributed by atoms with van der Waals surface area (Å²) in [4.78, 5) is 6.15. The van der Waals surface area contributed by atoms with Crippen LogP contribution in [0.4, 0.5) is 0 Å². The number of thiophene rings is 1. The van der Waals surface area contributed by atoms with Gasteiger partial charge in [-0.25, -0.2) is 0 Å². The first kappa shape index (κ1) is 19.8. The lowest BCUT2D eigenvalue weighted by Gasteiger charge is -2.18. The topological polar surface area (TPSA) is 12.9 Å². The fourth-order valence-electron chi connectivity index (χ4n) is 4.18. The van der Waals surface area contributed by atoms with Crippen molar-refractivity contribution in [2.45, 2.75) is 53.4 Å². The smallest absolute Gasteiger partial charge is 0.0709 e. The average molecular weight is 400 g/mol. The fourth-order valence-corrected chi connectivity index (χ4v) is 5.29. The van der Waals surface area contributed by atoms with Crippen LogP contribution in [0.25, 0.3) is 31.8 Å². The molecule has 2 aromatic carbocycles. The van der Waals surface area contributed by atoms with Gasteiger partial charge in [0, 0.05) is 16.6 Å². The highest BCUT2D eigenvalue weighted by Gasteiger charge is 2.17. The van der Waals surface area contributed by atoms with E-state index in [9.17, 15) is 0 Å². The second-order valence-corrected chi connectivity index (χ2v) is 9.80. The van der Waals surface area contributed by atoms with Gasteiger partial charge in [-0.3, -0.25) is 4.98 Å². The fraction of sp³-hybridized carbons (Fsp3) is 0.296. The van der Waals surface area contributed by atoms with Crippen molar-refractivity contribution in [1.29, 1.82) is 0 Å². The van der Waals surface area contributed by atoms with E-state index in [0.717, 1.165) is 5.69 Å². The van der Waals surface area contributed by atoms with E-state index in [-0.39, 0.29) is 0 Å². The molecule has 0 aliphatic heterocycles. The number of nitrogens with zero attached hydrogens (tertiary/aromatic N) is 1. The van der Waals surface area contributed by atoms with Gasteiger partial charge in [-0.1, -0.05) is 63.1 Å². The van der Waals surface area contributed by atoms with Gasteiger partial charge in [-0.2, -0.15) is 0 Å². The number of fused-ring (bicyclic) bond motifs is 1. The summed E-state index contributed by atoms with van der Waals surface area (Å²) in [6.07, 6.45) is 2.05. The van der Waals surface area contributed by atoms with Crippen molar-refractivity contribution < 1.29 is 0 Å². The summed E-state index contributed by atoms with van der Waals surface area (Å²) in [5.74, 6) is 0.996. The van der Waals surface area contributed by atoms with Crippen molar-refractivity contribution >= 4 is 21.4 Å². The van der Waals surface area contributed by atoms with Gasteiger partial charge < -0.3 is 0 Å². The van der Waals surface area contributed by atoms with Gasteiger partial charge in [-0.15, -0.1) is 11.3 Å². The molecule has 4 aromatic rings. The molecule has 0 aliphatic carbocycles. The molecule has 0 amide bonds. The lowest BCUT2D eigenvalue weighted by Crippen LogP contribution is -1.98. The first-order valence-corrected chi connectivity index (χ1v) is 11.3. The molecule has 2 aromatic heterocycles. The zero-order valence-electron chi connectivity index (χ0n) is 18.2. The molecule has 2 heterocycles. The van der Waals surface area contributed by atoms with Gasteiger partial charge in [0.1, 0.15) is 0 Å². The summed E-state index contributed by atoms with van der Waals surface area (Å²) in [6, 6.07) is 18.0. The Morgan fingerprint density at radius 3 is 2.00 bits per heavy atom. The van der Waals surface area contributed by atoms with Crippen LogP contribution in [0, 0.1) is 13.8 Å². The number of hydrogen-bond donors (Lipinski definition) is 0. The minimum atomic E-state index is 0.498. The quantitative estimate of drug-likeness (QED) is 0.335. The van der Waals surface area contributed by atoms with Crippen LogP contribution >= 0.6 is 11.3 Å². The SMILES string of the molecule is Cc1cc(C)cc(-c2cc3cc(-c4c(C(C)C)cccc4C(C)C)sc3cn2)c1. The molecule has 4 rings (SSSR count). The predicted octanol–water partition coefficient (Wildman–Crippen LogP) is 8.49. The number of benzene rings is 2. The third-order valence-electron chi connectivity index (χ3n) is 5.54. The molecule has 29 heavy (non-hydrogen) atoms. The Bertz CT molecular complexity index is 1130. The number of aromatic nitrogens is 1.